The summed E-state index contributed by atoms with van der Waals surface area (Å²) in [5.74, 6) is 0.614. The number of tetrazole rings is 1. The van der Waals surface area contributed by atoms with Crippen molar-refractivity contribution >= 4 is 11.5 Å². The Labute approximate surface area is 123 Å². The SMILES string of the molecule is C[C@@H](CN(C)c1ccc2nnc(C(F)F)n2n1)c1nn[nH]n1. The second-order valence-electron chi connectivity index (χ2n) is 4.87. The van der Waals surface area contributed by atoms with Gasteiger partial charge in [0, 0.05) is 19.5 Å². The molecule has 0 radical (unpaired) electrons. The van der Waals surface area contributed by atoms with Gasteiger partial charge in [0.1, 0.15) is 5.82 Å². The van der Waals surface area contributed by atoms with Crippen LogP contribution in [-0.2, 0) is 0 Å². The summed E-state index contributed by atoms with van der Waals surface area (Å²) in [6.07, 6.45) is -2.73. The van der Waals surface area contributed by atoms with E-state index in [9.17, 15) is 8.78 Å². The molecule has 0 saturated heterocycles. The van der Waals surface area contributed by atoms with E-state index in [1.807, 2.05) is 11.8 Å². The monoisotopic (exact) mass is 309 g/mol. The van der Waals surface area contributed by atoms with Crippen molar-refractivity contribution in [3.8, 4) is 0 Å². The van der Waals surface area contributed by atoms with E-state index < -0.39 is 12.2 Å². The third-order valence-corrected chi connectivity index (χ3v) is 3.21. The number of halogens is 2. The number of alkyl halides is 2. The lowest BCUT2D eigenvalue weighted by Gasteiger charge is -2.20. The van der Waals surface area contributed by atoms with Gasteiger partial charge < -0.3 is 4.90 Å². The van der Waals surface area contributed by atoms with E-state index in [1.165, 1.54) is 0 Å². The van der Waals surface area contributed by atoms with Crippen LogP contribution in [-0.4, -0.2) is 54.0 Å². The Bertz CT molecular complexity index is 754. The van der Waals surface area contributed by atoms with E-state index in [0.717, 1.165) is 4.52 Å². The number of aromatic amines is 1. The molecule has 1 atom stereocenters. The minimum Gasteiger partial charge on any atom is -0.358 e. The molecule has 22 heavy (non-hydrogen) atoms. The standard InChI is InChI=1S/C11H13F2N9/c1-6(10-15-19-20-16-10)5-21(2)8-4-3-7-14-17-11(9(12)13)22(7)18-8/h3-4,6,9H,5H2,1-2H3,(H,15,16,19,20)/t6-/m0/s1. The van der Waals surface area contributed by atoms with E-state index in [4.69, 9.17) is 0 Å². The first-order chi connectivity index (χ1) is 10.6. The summed E-state index contributed by atoms with van der Waals surface area (Å²) < 4.78 is 26.8. The number of nitrogens with zero attached hydrogens (tertiary/aromatic N) is 8. The quantitative estimate of drug-likeness (QED) is 0.744. The Balaban J connectivity index is 1.84. The molecule has 1 N–H and O–H groups in total. The number of rotatable bonds is 5. The van der Waals surface area contributed by atoms with Gasteiger partial charge >= 0.3 is 0 Å². The van der Waals surface area contributed by atoms with Gasteiger partial charge in [-0.15, -0.1) is 25.5 Å². The van der Waals surface area contributed by atoms with Crippen molar-refractivity contribution < 1.29 is 8.78 Å². The normalized spacial score (nSPS) is 13.0. The highest BCUT2D eigenvalue weighted by atomic mass is 19.3. The number of fused-ring (bicyclic) bond motifs is 1. The Morgan fingerprint density at radius 1 is 1.27 bits per heavy atom. The molecular weight excluding hydrogens is 296 g/mol. The summed E-state index contributed by atoms with van der Waals surface area (Å²) in [5.41, 5.74) is 0.277. The molecule has 0 aromatic carbocycles. The molecule has 9 nitrogen and oxygen atoms in total. The highest BCUT2D eigenvalue weighted by molar-refractivity contribution is 5.45. The highest BCUT2D eigenvalue weighted by Gasteiger charge is 2.19. The molecule has 0 aliphatic heterocycles. The van der Waals surface area contributed by atoms with E-state index >= 15 is 0 Å². The molecule has 11 heteroatoms. The lowest BCUT2D eigenvalue weighted by Crippen LogP contribution is -2.25. The summed E-state index contributed by atoms with van der Waals surface area (Å²) in [7, 11) is 1.80. The summed E-state index contributed by atoms with van der Waals surface area (Å²) in [4.78, 5) is 1.82. The molecular formula is C11H13F2N9. The molecule has 0 spiro atoms. The second-order valence-corrected chi connectivity index (χ2v) is 4.87. The van der Waals surface area contributed by atoms with Crippen molar-refractivity contribution in [3.05, 3.63) is 23.8 Å². The van der Waals surface area contributed by atoms with Crippen LogP contribution in [0.3, 0.4) is 0 Å². The van der Waals surface area contributed by atoms with Crippen LogP contribution in [0.1, 0.15) is 30.9 Å². The van der Waals surface area contributed by atoms with Crippen LogP contribution in [0.25, 0.3) is 5.65 Å². The number of hydrogen-bond donors (Lipinski definition) is 1. The molecule has 116 valence electrons. The van der Waals surface area contributed by atoms with Crippen LogP contribution >= 0.6 is 0 Å². The van der Waals surface area contributed by atoms with Crippen LogP contribution < -0.4 is 4.90 Å². The van der Waals surface area contributed by atoms with Crippen molar-refractivity contribution in [3.63, 3.8) is 0 Å². The maximum atomic E-state index is 12.9. The van der Waals surface area contributed by atoms with Crippen LogP contribution in [0, 0.1) is 0 Å². The molecule has 0 aliphatic rings. The Morgan fingerprint density at radius 3 is 2.77 bits per heavy atom. The Morgan fingerprint density at radius 2 is 2.09 bits per heavy atom. The molecule has 3 rings (SSSR count). The second kappa shape index (κ2) is 5.58. The fraction of sp³-hybridized carbons (Fsp3) is 0.455. The molecule has 0 saturated carbocycles. The van der Waals surface area contributed by atoms with Gasteiger partial charge in [0.25, 0.3) is 6.43 Å². The van der Waals surface area contributed by atoms with E-state index in [2.05, 4.69) is 35.9 Å². The number of H-pyrrole nitrogens is 1. The first-order valence-electron chi connectivity index (χ1n) is 6.51. The predicted molar refractivity (Wildman–Crippen MR) is 71.6 cm³/mol. The number of nitrogens with one attached hydrogen (secondary N) is 1. The zero-order valence-electron chi connectivity index (χ0n) is 11.9. The van der Waals surface area contributed by atoms with Gasteiger partial charge in [-0.25, -0.2) is 8.78 Å². The predicted octanol–water partition coefficient (Wildman–Crippen LogP) is 0.815. The average molecular weight is 309 g/mol. The van der Waals surface area contributed by atoms with E-state index in [1.54, 1.807) is 19.2 Å². The number of aromatic nitrogens is 8. The molecule has 0 aliphatic carbocycles. The van der Waals surface area contributed by atoms with Gasteiger partial charge in [-0.1, -0.05) is 12.1 Å². The summed E-state index contributed by atoms with van der Waals surface area (Å²) in [6.45, 7) is 2.48. The van der Waals surface area contributed by atoms with E-state index in [-0.39, 0.29) is 11.6 Å². The van der Waals surface area contributed by atoms with Gasteiger partial charge in [-0.3, -0.25) is 0 Å². The average Bonchev–Trinajstić information content (AvgIpc) is 3.15. The van der Waals surface area contributed by atoms with Crippen molar-refractivity contribution in [2.24, 2.45) is 0 Å². The minimum absolute atomic E-state index is 0.00303. The molecule has 0 amide bonds. The van der Waals surface area contributed by atoms with Crippen LogP contribution in [0.4, 0.5) is 14.6 Å². The largest absolute Gasteiger partial charge is 0.358 e. The number of hydrogen-bond acceptors (Lipinski definition) is 7. The maximum Gasteiger partial charge on any atom is 0.299 e. The summed E-state index contributed by atoms with van der Waals surface area (Å²) in [6, 6.07) is 3.29. The fourth-order valence-electron chi connectivity index (χ4n) is 2.10. The van der Waals surface area contributed by atoms with Crippen LogP contribution in [0.5, 0.6) is 0 Å². The van der Waals surface area contributed by atoms with Crippen molar-refractivity contribution in [2.75, 3.05) is 18.5 Å². The smallest absolute Gasteiger partial charge is 0.299 e. The highest BCUT2D eigenvalue weighted by Crippen LogP contribution is 2.19. The lowest BCUT2D eigenvalue weighted by molar-refractivity contribution is 0.137. The van der Waals surface area contributed by atoms with Gasteiger partial charge in [0.05, 0.1) is 0 Å². The number of likely N-dealkylation sites (N-methyl/N-ethyl adjacent to an activating group) is 1. The lowest BCUT2D eigenvalue weighted by atomic mass is 10.1. The third-order valence-electron chi connectivity index (χ3n) is 3.21. The molecule has 0 bridgehead atoms. The topological polar surface area (TPSA) is 101 Å². The molecule has 3 heterocycles. The van der Waals surface area contributed by atoms with Crippen LogP contribution in [0.15, 0.2) is 12.1 Å². The maximum absolute atomic E-state index is 12.9. The van der Waals surface area contributed by atoms with E-state index in [0.29, 0.717) is 18.2 Å². The van der Waals surface area contributed by atoms with Crippen LogP contribution in [0.2, 0.25) is 0 Å². The molecule has 3 aromatic heterocycles. The van der Waals surface area contributed by atoms with Gasteiger partial charge in [0.15, 0.2) is 11.5 Å². The first-order valence-corrected chi connectivity index (χ1v) is 6.51. The van der Waals surface area contributed by atoms with Gasteiger partial charge in [0.2, 0.25) is 5.82 Å². The summed E-state index contributed by atoms with van der Waals surface area (Å²) >= 11 is 0. The molecule has 3 aromatic rings. The minimum atomic E-state index is -2.73. The first kappa shape index (κ1) is 14.2. The number of anilines is 1. The Hall–Kier alpha value is -2.72. The van der Waals surface area contributed by atoms with Crippen molar-refractivity contribution in [1.82, 2.24) is 40.4 Å². The molecule has 0 unspecified atom stereocenters. The van der Waals surface area contributed by atoms with Crippen molar-refractivity contribution in [1.29, 1.82) is 0 Å². The zero-order chi connectivity index (χ0) is 15.7. The molecule has 0 fully saturated rings. The summed E-state index contributed by atoms with van der Waals surface area (Å²) in [5, 5.41) is 25.0. The third kappa shape index (κ3) is 2.56. The Kier molecular flexibility index (Phi) is 3.61. The fourth-order valence-corrected chi connectivity index (χ4v) is 2.10. The van der Waals surface area contributed by atoms with Gasteiger partial charge in [-0.2, -0.15) is 9.73 Å². The zero-order valence-corrected chi connectivity index (χ0v) is 11.9. The van der Waals surface area contributed by atoms with Crippen molar-refractivity contribution in [2.45, 2.75) is 19.3 Å². The van der Waals surface area contributed by atoms with Gasteiger partial charge in [-0.05, 0) is 12.1 Å².